The molecule has 0 spiro atoms. The number of nitrogens with one attached hydrogen (secondary N) is 2. The van der Waals surface area contributed by atoms with E-state index in [-0.39, 0.29) is 5.91 Å². The molecule has 0 aliphatic carbocycles. The van der Waals surface area contributed by atoms with E-state index in [4.69, 9.17) is 4.42 Å². The van der Waals surface area contributed by atoms with Crippen LogP contribution in [0.15, 0.2) is 35.5 Å². The van der Waals surface area contributed by atoms with Gasteiger partial charge >= 0.3 is 0 Å². The van der Waals surface area contributed by atoms with Crippen molar-refractivity contribution in [1.82, 2.24) is 10.6 Å². The summed E-state index contributed by atoms with van der Waals surface area (Å²) in [4.78, 5) is 11.3. The molecule has 0 fully saturated rings. The summed E-state index contributed by atoms with van der Waals surface area (Å²) in [6.45, 7) is 5.41. The zero-order chi connectivity index (χ0) is 10.9. The lowest BCUT2D eigenvalue weighted by atomic mass is 10.3. The SMILES string of the molecule is C=CCNCCC(=O)NCc1ccco1. The number of furan rings is 1. The molecule has 0 aliphatic rings. The van der Waals surface area contributed by atoms with Gasteiger partial charge in [-0.15, -0.1) is 6.58 Å². The van der Waals surface area contributed by atoms with Crippen molar-refractivity contribution in [2.24, 2.45) is 0 Å². The first-order valence-corrected chi connectivity index (χ1v) is 4.93. The molecular weight excluding hydrogens is 192 g/mol. The Morgan fingerprint density at radius 3 is 3.13 bits per heavy atom. The van der Waals surface area contributed by atoms with Gasteiger partial charge in [0.15, 0.2) is 0 Å². The van der Waals surface area contributed by atoms with Gasteiger partial charge in [0.25, 0.3) is 0 Å². The first-order valence-electron chi connectivity index (χ1n) is 4.93. The topological polar surface area (TPSA) is 54.3 Å². The molecule has 4 heteroatoms. The Bertz CT molecular complexity index is 294. The molecule has 1 rings (SSSR count). The fraction of sp³-hybridized carbons (Fsp3) is 0.364. The number of amides is 1. The van der Waals surface area contributed by atoms with E-state index in [1.165, 1.54) is 0 Å². The van der Waals surface area contributed by atoms with E-state index in [1.807, 2.05) is 6.07 Å². The average Bonchev–Trinajstić information content (AvgIpc) is 2.74. The van der Waals surface area contributed by atoms with Crippen LogP contribution in [0.25, 0.3) is 0 Å². The molecule has 1 aromatic heterocycles. The van der Waals surface area contributed by atoms with E-state index in [9.17, 15) is 4.79 Å². The van der Waals surface area contributed by atoms with Crippen LogP contribution in [0.1, 0.15) is 12.2 Å². The Morgan fingerprint density at radius 2 is 2.47 bits per heavy atom. The Kier molecular flexibility index (Phi) is 5.25. The molecule has 1 heterocycles. The van der Waals surface area contributed by atoms with Crippen molar-refractivity contribution >= 4 is 5.91 Å². The van der Waals surface area contributed by atoms with Crippen LogP contribution in [0, 0.1) is 0 Å². The molecule has 0 radical (unpaired) electrons. The largest absolute Gasteiger partial charge is 0.467 e. The number of carbonyl (C=O) groups is 1. The zero-order valence-electron chi connectivity index (χ0n) is 8.66. The number of carbonyl (C=O) groups excluding carboxylic acids is 1. The fourth-order valence-electron chi connectivity index (χ4n) is 1.09. The molecule has 0 aromatic carbocycles. The number of hydrogen-bond donors (Lipinski definition) is 2. The van der Waals surface area contributed by atoms with Gasteiger partial charge in [-0.1, -0.05) is 6.08 Å². The number of hydrogen-bond acceptors (Lipinski definition) is 3. The third-order valence-electron chi connectivity index (χ3n) is 1.86. The van der Waals surface area contributed by atoms with E-state index >= 15 is 0 Å². The van der Waals surface area contributed by atoms with Gasteiger partial charge in [-0.25, -0.2) is 0 Å². The van der Waals surface area contributed by atoms with Crippen LogP contribution in [0.5, 0.6) is 0 Å². The average molecular weight is 208 g/mol. The van der Waals surface area contributed by atoms with Crippen LogP contribution in [0.3, 0.4) is 0 Å². The van der Waals surface area contributed by atoms with Crippen molar-refractivity contribution in [2.75, 3.05) is 13.1 Å². The van der Waals surface area contributed by atoms with Gasteiger partial charge in [-0.2, -0.15) is 0 Å². The zero-order valence-corrected chi connectivity index (χ0v) is 8.66. The van der Waals surface area contributed by atoms with Crippen molar-refractivity contribution in [3.05, 3.63) is 36.8 Å². The molecular formula is C11H16N2O2. The van der Waals surface area contributed by atoms with Gasteiger partial charge in [0, 0.05) is 19.5 Å². The highest BCUT2D eigenvalue weighted by atomic mass is 16.3. The molecule has 1 amide bonds. The van der Waals surface area contributed by atoms with E-state index < -0.39 is 0 Å². The monoisotopic (exact) mass is 208 g/mol. The van der Waals surface area contributed by atoms with Crippen LogP contribution in [-0.2, 0) is 11.3 Å². The third kappa shape index (κ3) is 5.02. The minimum Gasteiger partial charge on any atom is -0.467 e. The highest BCUT2D eigenvalue weighted by Gasteiger charge is 2.01. The van der Waals surface area contributed by atoms with Gasteiger partial charge < -0.3 is 15.1 Å². The molecule has 0 atom stereocenters. The molecule has 82 valence electrons. The minimum absolute atomic E-state index is 0.0166. The fourth-order valence-corrected chi connectivity index (χ4v) is 1.09. The lowest BCUT2D eigenvalue weighted by Gasteiger charge is -2.03. The summed E-state index contributed by atoms with van der Waals surface area (Å²) in [7, 11) is 0. The van der Waals surface area contributed by atoms with Crippen molar-refractivity contribution in [3.8, 4) is 0 Å². The number of rotatable bonds is 7. The normalized spacial score (nSPS) is 9.87. The quantitative estimate of drug-likeness (QED) is 0.520. The second-order valence-electron chi connectivity index (χ2n) is 3.10. The minimum atomic E-state index is 0.0166. The molecule has 15 heavy (non-hydrogen) atoms. The van der Waals surface area contributed by atoms with Crippen molar-refractivity contribution < 1.29 is 9.21 Å². The molecule has 0 saturated heterocycles. The summed E-state index contributed by atoms with van der Waals surface area (Å²) in [6, 6.07) is 3.63. The lowest BCUT2D eigenvalue weighted by Crippen LogP contribution is -2.27. The highest BCUT2D eigenvalue weighted by molar-refractivity contribution is 5.75. The standard InChI is InChI=1S/C11H16N2O2/c1-2-6-12-7-5-11(14)13-9-10-4-3-8-15-10/h2-4,8,12H,1,5-7,9H2,(H,13,14). The van der Waals surface area contributed by atoms with Gasteiger partial charge in [-0.3, -0.25) is 4.79 Å². The molecule has 0 bridgehead atoms. The molecule has 0 aliphatic heterocycles. The van der Waals surface area contributed by atoms with Crippen molar-refractivity contribution in [1.29, 1.82) is 0 Å². The highest BCUT2D eigenvalue weighted by Crippen LogP contribution is 1.98. The second kappa shape index (κ2) is 6.84. The lowest BCUT2D eigenvalue weighted by molar-refractivity contribution is -0.121. The molecule has 1 aromatic rings. The molecule has 2 N–H and O–H groups in total. The predicted octanol–water partition coefficient (Wildman–Crippen LogP) is 1.06. The maximum Gasteiger partial charge on any atom is 0.221 e. The first-order chi connectivity index (χ1) is 7.33. The Balaban J connectivity index is 2.06. The summed E-state index contributed by atoms with van der Waals surface area (Å²) in [5.74, 6) is 0.783. The second-order valence-corrected chi connectivity index (χ2v) is 3.10. The van der Waals surface area contributed by atoms with E-state index in [2.05, 4.69) is 17.2 Å². The Hall–Kier alpha value is -1.55. The first kappa shape index (κ1) is 11.5. The van der Waals surface area contributed by atoms with E-state index in [1.54, 1.807) is 18.4 Å². The van der Waals surface area contributed by atoms with E-state index in [0.29, 0.717) is 19.5 Å². The van der Waals surface area contributed by atoms with Gasteiger partial charge in [0.2, 0.25) is 5.91 Å². The third-order valence-corrected chi connectivity index (χ3v) is 1.86. The Morgan fingerprint density at radius 1 is 1.60 bits per heavy atom. The summed E-state index contributed by atoms with van der Waals surface area (Å²) >= 11 is 0. The summed E-state index contributed by atoms with van der Waals surface area (Å²) in [5.41, 5.74) is 0. The maximum absolute atomic E-state index is 11.3. The molecule has 0 unspecified atom stereocenters. The summed E-state index contributed by atoms with van der Waals surface area (Å²) in [6.07, 6.45) is 3.82. The molecule has 4 nitrogen and oxygen atoms in total. The smallest absolute Gasteiger partial charge is 0.221 e. The van der Waals surface area contributed by atoms with Crippen LogP contribution < -0.4 is 10.6 Å². The van der Waals surface area contributed by atoms with E-state index in [0.717, 1.165) is 12.3 Å². The van der Waals surface area contributed by atoms with Gasteiger partial charge in [0.05, 0.1) is 12.8 Å². The summed E-state index contributed by atoms with van der Waals surface area (Å²) in [5, 5.41) is 5.82. The Labute approximate surface area is 89.4 Å². The summed E-state index contributed by atoms with van der Waals surface area (Å²) < 4.78 is 5.08. The van der Waals surface area contributed by atoms with Crippen molar-refractivity contribution in [2.45, 2.75) is 13.0 Å². The van der Waals surface area contributed by atoms with Gasteiger partial charge in [-0.05, 0) is 12.1 Å². The molecule has 0 saturated carbocycles. The van der Waals surface area contributed by atoms with Crippen LogP contribution in [0.4, 0.5) is 0 Å². The van der Waals surface area contributed by atoms with Gasteiger partial charge in [0.1, 0.15) is 5.76 Å². The van der Waals surface area contributed by atoms with Crippen molar-refractivity contribution in [3.63, 3.8) is 0 Å². The van der Waals surface area contributed by atoms with Crippen LogP contribution in [0.2, 0.25) is 0 Å². The van der Waals surface area contributed by atoms with Crippen LogP contribution >= 0.6 is 0 Å². The van der Waals surface area contributed by atoms with Crippen LogP contribution in [-0.4, -0.2) is 19.0 Å². The maximum atomic E-state index is 11.3. The predicted molar refractivity (Wildman–Crippen MR) is 58.2 cm³/mol.